The first-order chi connectivity index (χ1) is 9.11. The van der Waals surface area contributed by atoms with Crippen LogP contribution in [0.4, 0.5) is 0 Å². The van der Waals surface area contributed by atoms with Gasteiger partial charge in [-0.2, -0.15) is 0 Å². The summed E-state index contributed by atoms with van der Waals surface area (Å²) in [5, 5.41) is 4.54. The first-order valence-electron chi connectivity index (χ1n) is 6.89. The van der Waals surface area contributed by atoms with Gasteiger partial charge in [0.25, 0.3) is 0 Å². The fraction of sp³-hybridized carbons (Fsp3) is 0.438. The molecule has 0 radical (unpaired) electrons. The standard InChI is InChI=1S/C16H22N2S/c1-5-17-10-14-15(11(2)3)18-16(19-14)13-8-6-12(4)7-9-13/h6-9,11,17H,5,10H2,1-4H3. The highest BCUT2D eigenvalue weighted by atomic mass is 32.1. The van der Waals surface area contributed by atoms with Crippen LogP contribution in [0.2, 0.25) is 0 Å². The van der Waals surface area contributed by atoms with Gasteiger partial charge in [0, 0.05) is 17.0 Å². The van der Waals surface area contributed by atoms with E-state index in [1.165, 1.54) is 21.7 Å². The van der Waals surface area contributed by atoms with Gasteiger partial charge in [0.15, 0.2) is 0 Å². The van der Waals surface area contributed by atoms with Crippen molar-refractivity contribution >= 4 is 11.3 Å². The molecule has 0 aliphatic rings. The predicted octanol–water partition coefficient (Wildman–Crippen LogP) is 4.35. The Morgan fingerprint density at radius 2 is 1.89 bits per heavy atom. The lowest BCUT2D eigenvalue weighted by molar-refractivity contribution is 0.714. The molecule has 0 spiro atoms. The van der Waals surface area contributed by atoms with Gasteiger partial charge in [-0.3, -0.25) is 0 Å². The van der Waals surface area contributed by atoms with Gasteiger partial charge in [-0.1, -0.05) is 50.6 Å². The molecule has 2 aromatic rings. The lowest BCUT2D eigenvalue weighted by atomic mass is 10.1. The van der Waals surface area contributed by atoms with Crippen molar-refractivity contribution in [2.45, 2.75) is 40.2 Å². The minimum Gasteiger partial charge on any atom is -0.312 e. The SMILES string of the molecule is CCNCc1sc(-c2ccc(C)cc2)nc1C(C)C. The van der Waals surface area contributed by atoms with E-state index in [0.29, 0.717) is 5.92 Å². The van der Waals surface area contributed by atoms with Crippen molar-refractivity contribution in [1.29, 1.82) is 0 Å². The average Bonchev–Trinajstić information content (AvgIpc) is 2.81. The lowest BCUT2D eigenvalue weighted by Crippen LogP contribution is -2.12. The van der Waals surface area contributed by atoms with E-state index < -0.39 is 0 Å². The smallest absolute Gasteiger partial charge is 0.123 e. The Morgan fingerprint density at radius 3 is 2.47 bits per heavy atom. The maximum atomic E-state index is 4.84. The monoisotopic (exact) mass is 274 g/mol. The summed E-state index contributed by atoms with van der Waals surface area (Å²) in [4.78, 5) is 6.21. The number of aromatic nitrogens is 1. The summed E-state index contributed by atoms with van der Waals surface area (Å²) in [6, 6.07) is 8.62. The molecule has 102 valence electrons. The molecule has 0 bridgehead atoms. The summed E-state index contributed by atoms with van der Waals surface area (Å²) in [5.74, 6) is 0.476. The van der Waals surface area contributed by atoms with Gasteiger partial charge < -0.3 is 5.32 Å². The molecule has 0 saturated heterocycles. The van der Waals surface area contributed by atoms with Crippen LogP contribution in [0.5, 0.6) is 0 Å². The Labute approximate surface area is 119 Å². The van der Waals surface area contributed by atoms with Crippen molar-refractivity contribution in [1.82, 2.24) is 10.3 Å². The number of aryl methyl sites for hydroxylation is 1. The van der Waals surface area contributed by atoms with Crippen molar-refractivity contribution in [2.24, 2.45) is 0 Å². The molecular weight excluding hydrogens is 252 g/mol. The molecule has 2 rings (SSSR count). The zero-order valence-corrected chi connectivity index (χ0v) is 13.0. The van der Waals surface area contributed by atoms with E-state index >= 15 is 0 Å². The molecule has 1 aromatic heterocycles. The van der Waals surface area contributed by atoms with E-state index in [1.54, 1.807) is 0 Å². The highest BCUT2D eigenvalue weighted by Crippen LogP contribution is 2.31. The number of nitrogens with zero attached hydrogens (tertiary/aromatic N) is 1. The summed E-state index contributed by atoms with van der Waals surface area (Å²) in [5.41, 5.74) is 3.75. The van der Waals surface area contributed by atoms with Crippen LogP contribution < -0.4 is 5.32 Å². The molecule has 1 heterocycles. The van der Waals surface area contributed by atoms with Crippen LogP contribution in [-0.4, -0.2) is 11.5 Å². The van der Waals surface area contributed by atoms with Crippen molar-refractivity contribution < 1.29 is 0 Å². The maximum absolute atomic E-state index is 4.84. The lowest BCUT2D eigenvalue weighted by Gasteiger charge is -2.04. The second-order valence-electron chi connectivity index (χ2n) is 5.13. The van der Waals surface area contributed by atoms with E-state index in [0.717, 1.165) is 18.1 Å². The fourth-order valence-electron chi connectivity index (χ4n) is 2.00. The average molecular weight is 274 g/mol. The Kier molecular flexibility index (Phi) is 4.72. The van der Waals surface area contributed by atoms with Crippen molar-refractivity contribution in [2.75, 3.05) is 6.54 Å². The van der Waals surface area contributed by atoms with Crippen LogP contribution in [0.3, 0.4) is 0 Å². The molecule has 0 aliphatic heterocycles. The van der Waals surface area contributed by atoms with E-state index in [2.05, 4.69) is 57.3 Å². The molecule has 19 heavy (non-hydrogen) atoms. The highest BCUT2D eigenvalue weighted by molar-refractivity contribution is 7.15. The number of nitrogens with one attached hydrogen (secondary N) is 1. The molecule has 0 atom stereocenters. The van der Waals surface area contributed by atoms with Crippen molar-refractivity contribution in [3.8, 4) is 10.6 Å². The van der Waals surface area contributed by atoms with Crippen LogP contribution in [0, 0.1) is 6.92 Å². The van der Waals surface area contributed by atoms with Crippen LogP contribution >= 0.6 is 11.3 Å². The number of hydrogen-bond acceptors (Lipinski definition) is 3. The number of hydrogen-bond donors (Lipinski definition) is 1. The summed E-state index contributed by atoms with van der Waals surface area (Å²) >= 11 is 1.81. The quantitative estimate of drug-likeness (QED) is 0.876. The first kappa shape index (κ1) is 14.2. The van der Waals surface area contributed by atoms with Crippen molar-refractivity contribution in [3.63, 3.8) is 0 Å². The zero-order chi connectivity index (χ0) is 13.8. The van der Waals surface area contributed by atoms with E-state index in [4.69, 9.17) is 4.98 Å². The fourth-order valence-corrected chi connectivity index (χ4v) is 3.19. The third-order valence-corrected chi connectivity index (χ3v) is 4.23. The minimum atomic E-state index is 0.476. The predicted molar refractivity (Wildman–Crippen MR) is 83.8 cm³/mol. The number of benzene rings is 1. The van der Waals surface area contributed by atoms with E-state index in [9.17, 15) is 0 Å². The summed E-state index contributed by atoms with van der Waals surface area (Å²) in [7, 11) is 0. The van der Waals surface area contributed by atoms with Gasteiger partial charge in [-0.25, -0.2) is 4.98 Å². The normalized spacial score (nSPS) is 11.2. The van der Waals surface area contributed by atoms with Gasteiger partial charge in [-0.15, -0.1) is 11.3 Å². The van der Waals surface area contributed by atoms with Crippen LogP contribution in [0.15, 0.2) is 24.3 Å². The molecule has 2 nitrogen and oxygen atoms in total. The summed E-state index contributed by atoms with van der Waals surface area (Å²) in [6.07, 6.45) is 0. The minimum absolute atomic E-state index is 0.476. The maximum Gasteiger partial charge on any atom is 0.123 e. The molecule has 3 heteroatoms. The van der Waals surface area contributed by atoms with Crippen LogP contribution in [-0.2, 0) is 6.54 Å². The molecule has 0 unspecified atom stereocenters. The Balaban J connectivity index is 2.33. The van der Waals surface area contributed by atoms with Crippen LogP contribution in [0.1, 0.15) is 42.8 Å². The largest absolute Gasteiger partial charge is 0.312 e. The molecule has 0 amide bonds. The van der Waals surface area contributed by atoms with Crippen LogP contribution in [0.25, 0.3) is 10.6 Å². The third-order valence-electron chi connectivity index (χ3n) is 3.11. The van der Waals surface area contributed by atoms with Crippen molar-refractivity contribution in [3.05, 3.63) is 40.4 Å². The van der Waals surface area contributed by atoms with Gasteiger partial charge in [0.05, 0.1) is 5.69 Å². The number of thiazole rings is 1. The Hall–Kier alpha value is -1.19. The first-order valence-corrected chi connectivity index (χ1v) is 7.70. The highest BCUT2D eigenvalue weighted by Gasteiger charge is 2.14. The topological polar surface area (TPSA) is 24.9 Å². The molecule has 1 aromatic carbocycles. The second-order valence-corrected chi connectivity index (χ2v) is 6.21. The molecular formula is C16H22N2S. The van der Waals surface area contributed by atoms with E-state index in [1.807, 2.05) is 11.3 Å². The van der Waals surface area contributed by atoms with Gasteiger partial charge in [0.2, 0.25) is 0 Å². The van der Waals surface area contributed by atoms with Gasteiger partial charge >= 0.3 is 0 Å². The molecule has 0 saturated carbocycles. The van der Waals surface area contributed by atoms with Gasteiger partial charge in [0.1, 0.15) is 5.01 Å². The Morgan fingerprint density at radius 1 is 1.21 bits per heavy atom. The molecule has 0 fully saturated rings. The Bertz CT molecular complexity index is 526. The number of rotatable bonds is 5. The zero-order valence-electron chi connectivity index (χ0n) is 12.2. The molecule has 0 aliphatic carbocycles. The summed E-state index contributed by atoms with van der Waals surface area (Å²) < 4.78 is 0. The second kappa shape index (κ2) is 6.31. The van der Waals surface area contributed by atoms with Gasteiger partial charge in [-0.05, 0) is 19.4 Å². The van der Waals surface area contributed by atoms with E-state index in [-0.39, 0.29) is 0 Å². The summed E-state index contributed by atoms with van der Waals surface area (Å²) in [6.45, 7) is 10.6. The molecule has 1 N–H and O–H groups in total. The third kappa shape index (κ3) is 3.43.